The fraction of sp³-hybridized carbons (Fsp3) is 0.538. The zero-order chi connectivity index (χ0) is 12.1. The van der Waals surface area contributed by atoms with E-state index in [1.165, 1.54) is 16.7 Å². The number of rotatable bonds is 5. The third-order valence-corrected chi connectivity index (χ3v) is 4.01. The fourth-order valence-electron chi connectivity index (χ4n) is 1.67. The summed E-state index contributed by atoms with van der Waals surface area (Å²) in [6, 6.07) is 6.64. The molecule has 0 aromatic heterocycles. The van der Waals surface area contributed by atoms with Crippen molar-refractivity contribution in [3.8, 4) is 0 Å². The van der Waals surface area contributed by atoms with Gasteiger partial charge in [0.05, 0.1) is 6.04 Å². The van der Waals surface area contributed by atoms with Crippen molar-refractivity contribution in [2.24, 2.45) is 5.84 Å². The average Bonchev–Trinajstić information content (AvgIpc) is 2.24. The van der Waals surface area contributed by atoms with Gasteiger partial charge in [0.25, 0.3) is 0 Å². The van der Waals surface area contributed by atoms with Gasteiger partial charge in [-0.1, -0.05) is 32.0 Å². The van der Waals surface area contributed by atoms with Crippen LogP contribution in [0.3, 0.4) is 0 Å². The maximum Gasteiger partial charge on any atom is 0.0553 e. The first-order chi connectivity index (χ1) is 7.56. The highest BCUT2D eigenvalue weighted by atomic mass is 32.2. The van der Waals surface area contributed by atoms with E-state index in [4.69, 9.17) is 5.84 Å². The first-order valence-electron chi connectivity index (χ1n) is 5.70. The van der Waals surface area contributed by atoms with Crippen LogP contribution in [0.25, 0.3) is 0 Å². The van der Waals surface area contributed by atoms with E-state index in [1.807, 2.05) is 11.8 Å². The highest BCUT2D eigenvalue weighted by Crippen LogP contribution is 2.24. The molecule has 1 aromatic rings. The van der Waals surface area contributed by atoms with Gasteiger partial charge in [0.2, 0.25) is 0 Å². The van der Waals surface area contributed by atoms with Gasteiger partial charge in [0.15, 0.2) is 0 Å². The first kappa shape index (κ1) is 13.6. The average molecular weight is 238 g/mol. The molecular formula is C13H22N2S. The fourth-order valence-corrected chi connectivity index (χ4v) is 2.52. The summed E-state index contributed by atoms with van der Waals surface area (Å²) in [6.45, 7) is 8.72. The van der Waals surface area contributed by atoms with Crippen LogP contribution in [0.2, 0.25) is 0 Å². The summed E-state index contributed by atoms with van der Waals surface area (Å²) in [5.74, 6) is 6.66. The maximum absolute atomic E-state index is 5.65. The summed E-state index contributed by atoms with van der Waals surface area (Å²) >= 11 is 1.93. The molecule has 3 heteroatoms. The molecule has 16 heavy (non-hydrogen) atoms. The predicted molar refractivity (Wildman–Crippen MR) is 73.6 cm³/mol. The van der Waals surface area contributed by atoms with E-state index in [-0.39, 0.29) is 6.04 Å². The zero-order valence-corrected chi connectivity index (χ0v) is 11.4. The largest absolute Gasteiger partial charge is 0.271 e. The minimum Gasteiger partial charge on any atom is -0.271 e. The quantitative estimate of drug-likeness (QED) is 0.612. The van der Waals surface area contributed by atoms with Crippen molar-refractivity contribution in [3.05, 3.63) is 34.9 Å². The lowest BCUT2D eigenvalue weighted by molar-refractivity contribution is 0.606. The molecule has 1 rings (SSSR count). The summed E-state index contributed by atoms with van der Waals surface area (Å²) < 4.78 is 0. The molecule has 3 N–H and O–H groups in total. The number of hydrogen-bond acceptors (Lipinski definition) is 3. The predicted octanol–water partition coefficient (Wildman–Crippen LogP) is 2.95. The van der Waals surface area contributed by atoms with Crippen LogP contribution in [0, 0.1) is 13.8 Å². The van der Waals surface area contributed by atoms with Crippen molar-refractivity contribution in [1.29, 1.82) is 0 Å². The second-order valence-corrected chi connectivity index (χ2v) is 6.00. The van der Waals surface area contributed by atoms with E-state index in [0.29, 0.717) is 5.25 Å². The summed E-state index contributed by atoms with van der Waals surface area (Å²) in [5, 5.41) is 0.640. The Balaban J connectivity index is 2.82. The molecule has 2 nitrogen and oxygen atoms in total. The number of hydrazine groups is 1. The first-order valence-corrected chi connectivity index (χ1v) is 6.75. The van der Waals surface area contributed by atoms with Gasteiger partial charge in [-0.05, 0) is 35.8 Å². The van der Waals surface area contributed by atoms with Crippen molar-refractivity contribution >= 4 is 11.8 Å². The van der Waals surface area contributed by atoms with Gasteiger partial charge in [0.1, 0.15) is 0 Å². The van der Waals surface area contributed by atoms with Crippen LogP contribution in [0.15, 0.2) is 18.2 Å². The minimum absolute atomic E-state index is 0.243. The number of nitrogens with one attached hydrogen (secondary N) is 1. The lowest BCUT2D eigenvalue weighted by Crippen LogP contribution is -2.30. The van der Waals surface area contributed by atoms with Gasteiger partial charge in [-0.3, -0.25) is 11.3 Å². The number of hydrogen-bond donors (Lipinski definition) is 2. The van der Waals surface area contributed by atoms with Crippen molar-refractivity contribution in [2.45, 2.75) is 39.0 Å². The Labute approximate surface area is 103 Å². The molecule has 0 radical (unpaired) electrons. The smallest absolute Gasteiger partial charge is 0.0553 e. The molecule has 90 valence electrons. The molecule has 0 heterocycles. The molecule has 0 aliphatic carbocycles. The lowest BCUT2D eigenvalue weighted by atomic mass is 9.99. The van der Waals surface area contributed by atoms with Crippen LogP contribution in [0.1, 0.15) is 36.6 Å². The molecule has 0 aliphatic rings. The normalized spacial score (nSPS) is 13.1. The standard InChI is InChI=1S/C13H22N2S/c1-9(2)16-8-13(15-14)12-7-5-6-10(3)11(12)4/h5-7,9,13,15H,8,14H2,1-4H3. The molecular weight excluding hydrogens is 216 g/mol. The van der Waals surface area contributed by atoms with Gasteiger partial charge < -0.3 is 0 Å². The second-order valence-electron chi connectivity index (χ2n) is 4.39. The summed E-state index contributed by atoms with van der Waals surface area (Å²) in [5.41, 5.74) is 6.90. The van der Waals surface area contributed by atoms with E-state index < -0.39 is 0 Å². The third kappa shape index (κ3) is 3.51. The van der Waals surface area contributed by atoms with E-state index >= 15 is 0 Å². The molecule has 1 atom stereocenters. The molecule has 0 amide bonds. The molecule has 0 spiro atoms. The van der Waals surface area contributed by atoms with Gasteiger partial charge in [-0.25, -0.2) is 0 Å². The Hall–Kier alpha value is -0.510. The number of thioether (sulfide) groups is 1. The van der Waals surface area contributed by atoms with Gasteiger partial charge in [-0.15, -0.1) is 0 Å². The van der Waals surface area contributed by atoms with Crippen LogP contribution >= 0.6 is 11.8 Å². The van der Waals surface area contributed by atoms with Crippen LogP contribution in [0.4, 0.5) is 0 Å². The third-order valence-electron chi connectivity index (χ3n) is 2.82. The second kappa shape index (κ2) is 6.28. The topological polar surface area (TPSA) is 38.0 Å². The minimum atomic E-state index is 0.243. The van der Waals surface area contributed by atoms with Crippen LogP contribution in [-0.2, 0) is 0 Å². The molecule has 1 aromatic carbocycles. The Morgan fingerprint density at radius 2 is 2.00 bits per heavy atom. The lowest BCUT2D eigenvalue weighted by Gasteiger charge is -2.20. The van der Waals surface area contributed by atoms with Crippen molar-refractivity contribution < 1.29 is 0 Å². The van der Waals surface area contributed by atoms with E-state index in [2.05, 4.69) is 51.3 Å². The van der Waals surface area contributed by atoms with Crippen LogP contribution in [0.5, 0.6) is 0 Å². The number of benzene rings is 1. The number of aryl methyl sites for hydroxylation is 1. The van der Waals surface area contributed by atoms with Gasteiger partial charge in [0, 0.05) is 5.75 Å². The molecule has 0 bridgehead atoms. The van der Waals surface area contributed by atoms with Crippen LogP contribution in [-0.4, -0.2) is 11.0 Å². The Morgan fingerprint density at radius 1 is 1.31 bits per heavy atom. The summed E-state index contributed by atoms with van der Waals surface area (Å²) in [6.07, 6.45) is 0. The summed E-state index contributed by atoms with van der Waals surface area (Å²) in [7, 11) is 0. The van der Waals surface area contributed by atoms with E-state index in [0.717, 1.165) is 5.75 Å². The molecule has 0 saturated carbocycles. The Bertz CT molecular complexity index is 337. The van der Waals surface area contributed by atoms with Crippen LogP contribution < -0.4 is 11.3 Å². The molecule has 0 fully saturated rings. The van der Waals surface area contributed by atoms with Crippen molar-refractivity contribution in [3.63, 3.8) is 0 Å². The van der Waals surface area contributed by atoms with E-state index in [1.54, 1.807) is 0 Å². The SMILES string of the molecule is Cc1cccc(C(CSC(C)C)NN)c1C. The summed E-state index contributed by atoms with van der Waals surface area (Å²) in [4.78, 5) is 0. The number of nitrogens with two attached hydrogens (primary N) is 1. The molecule has 0 aliphatic heterocycles. The molecule has 1 unspecified atom stereocenters. The van der Waals surface area contributed by atoms with E-state index in [9.17, 15) is 0 Å². The van der Waals surface area contributed by atoms with Gasteiger partial charge in [-0.2, -0.15) is 11.8 Å². The highest BCUT2D eigenvalue weighted by molar-refractivity contribution is 7.99. The molecule has 0 saturated heterocycles. The highest BCUT2D eigenvalue weighted by Gasteiger charge is 2.13. The Morgan fingerprint density at radius 3 is 2.56 bits per heavy atom. The van der Waals surface area contributed by atoms with Gasteiger partial charge >= 0.3 is 0 Å². The zero-order valence-electron chi connectivity index (χ0n) is 10.6. The maximum atomic E-state index is 5.65. The Kier molecular flexibility index (Phi) is 5.32. The van der Waals surface area contributed by atoms with Crippen molar-refractivity contribution in [2.75, 3.05) is 5.75 Å². The monoisotopic (exact) mass is 238 g/mol. The van der Waals surface area contributed by atoms with Crippen molar-refractivity contribution in [1.82, 2.24) is 5.43 Å².